The smallest absolute Gasteiger partial charge is 0.324 e. The quantitative estimate of drug-likeness (QED) is 0.819. The summed E-state index contributed by atoms with van der Waals surface area (Å²) in [4.78, 5) is 28.5. The SMILES string of the molecule is Cc1cccc(N(Cc2ccc(C(=O)CO)cc2)C(=O)N2CCCCC2)c1. The van der Waals surface area contributed by atoms with Crippen LogP contribution >= 0.6 is 0 Å². The molecule has 1 fully saturated rings. The van der Waals surface area contributed by atoms with Gasteiger partial charge in [-0.15, -0.1) is 0 Å². The van der Waals surface area contributed by atoms with Crippen molar-refractivity contribution in [1.82, 2.24) is 4.90 Å². The monoisotopic (exact) mass is 366 g/mol. The van der Waals surface area contributed by atoms with E-state index in [1.165, 1.54) is 6.42 Å². The average Bonchev–Trinajstić information content (AvgIpc) is 2.72. The molecular formula is C22H26N2O3. The molecule has 1 aliphatic heterocycles. The molecule has 2 aromatic carbocycles. The van der Waals surface area contributed by atoms with Gasteiger partial charge in [-0.25, -0.2) is 4.79 Å². The van der Waals surface area contributed by atoms with Gasteiger partial charge in [-0.3, -0.25) is 9.69 Å². The standard InChI is InChI=1S/C22H26N2O3/c1-17-6-5-7-20(14-17)24(22(27)23-12-3-2-4-13-23)15-18-8-10-19(11-9-18)21(26)16-25/h5-11,14,25H,2-4,12-13,15-16H2,1H3. The summed E-state index contributed by atoms with van der Waals surface area (Å²) in [5, 5.41) is 8.99. The summed E-state index contributed by atoms with van der Waals surface area (Å²) in [6.07, 6.45) is 3.27. The lowest BCUT2D eigenvalue weighted by molar-refractivity contribution is 0.0903. The number of carbonyl (C=O) groups is 2. The van der Waals surface area contributed by atoms with E-state index in [1.54, 1.807) is 17.0 Å². The third kappa shape index (κ3) is 4.74. The van der Waals surface area contributed by atoms with Crippen LogP contribution < -0.4 is 4.90 Å². The van der Waals surface area contributed by atoms with E-state index >= 15 is 0 Å². The number of amides is 2. The minimum Gasteiger partial charge on any atom is -0.388 e. The number of likely N-dealkylation sites (tertiary alicyclic amines) is 1. The first-order valence-corrected chi connectivity index (χ1v) is 9.44. The van der Waals surface area contributed by atoms with Crippen LogP contribution in [0.4, 0.5) is 10.5 Å². The van der Waals surface area contributed by atoms with Gasteiger partial charge in [-0.1, -0.05) is 36.4 Å². The van der Waals surface area contributed by atoms with Crippen LogP contribution in [0.1, 0.15) is 40.7 Å². The highest BCUT2D eigenvalue weighted by Crippen LogP contribution is 2.22. The van der Waals surface area contributed by atoms with Crippen molar-refractivity contribution in [3.8, 4) is 0 Å². The number of aryl methyl sites for hydroxylation is 1. The molecular weight excluding hydrogens is 340 g/mol. The summed E-state index contributed by atoms with van der Waals surface area (Å²) in [6.45, 7) is 3.55. The highest BCUT2D eigenvalue weighted by molar-refractivity contribution is 5.97. The third-order valence-electron chi connectivity index (χ3n) is 4.93. The maximum Gasteiger partial charge on any atom is 0.324 e. The predicted octanol–water partition coefficient (Wildman–Crippen LogP) is 3.78. The maximum absolute atomic E-state index is 13.2. The van der Waals surface area contributed by atoms with Crippen LogP contribution in [0.15, 0.2) is 48.5 Å². The fourth-order valence-corrected chi connectivity index (χ4v) is 3.39. The summed E-state index contributed by atoms with van der Waals surface area (Å²) in [7, 11) is 0. The predicted molar refractivity (Wildman–Crippen MR) is 106 cm³/mol. The molecule has 1 saturated heterocycles. The van der Waals surface area contributed by atoms with Crippen molar-refractivity contribution in [1.29, 1.82) is 0 Å². The number of benzene rings is 2. The molecule has 1 N–H and O–H groups in total. The largest absolute Gasteiger partial charge is 0.388 e. The Hall–Kier alpha value is -2.66. The summed E-state index contributed by atoms with van der Waals surface area (Å²) in [5.41, 5.74) is 3.40. The van der Waals surface area contributed by atoms with Gasteiger partial charge in [0, 0.05) is 24.3 Å². The number of carbonyl (C=O) groups excluding carboxylic acids is 2. The zero-order chi connectivity index (χ0) is 19.2. The molecule has 1 aliphatic rings. The number of hydrogen-bond donors (Lipinski definition) is 1. The van der Waals surface area contributed by atoms with E-state index in [0.29, 0.717) is 12.1 Å². The van der Waals surface area contributed by atoms with Crippen LogP contribution in [0.5, 0.6) is 0 Å². The topological polar surface area (TPSA) is 60.9 Å². The van der Waals surface area contributed by atoms with Gasteiger partial charge >= 0.3 is 6.03 Å². The van der Waals surface area contributed by atoms with Crippen molar-refractivity contribution in [3.05, 3.63) is 65.2 Å². The lowest BCUT2D eigenvalue weighted by Crippen LogP contribution is -2.45. The number of Topliss-reactive ketones (excluding diaryl/α,β-unsaturated/α-hetero) is 1. The van der Waals surface area contributed by atoms with E-state index in [0.717, 1.165) is 42.7 Å². The number of piperidine rings is 1. The number of aliphatic hydroxyl groups excluding tert-OH is 1. The minimum atomic E-state index is -0.498. The van der Waals surface area contributed by atoms with Crippen molar-refractivity contribution in [3.63, 3.8) is 0 Å². The molecule has 27 heavy (non-hydrogen) atoms. The van der Waals surface area contributed by atoms with Crippen molar-refractivity contribution in [2.24, 2.45) is 0 Å². The molecule has 0 aliphatic carbocycles. The highest BCUT2D eigenvalue weighted by atomic mass is 16.3. The summed E-state index contributed by atoms with van der Waals surface area (Å²) in [5.74, 6) is -0.304. The van der Waals surface area contributed by atoms with Crippen molar-refractivity contribution in [2.75, 3.05) is 24.6 Å². The van der Waals surface area contributed by atoms with Gasteiger partial charge < -0.3 is 10.0 Å². The summed E-state index contributed by atoms with van der Waals surface area (Å²) >= 11 is 0. The number of nitrogens with zero attached hydrogens (tertiary/aromatic N) is 2. The maximum atomic E-state index is 13.2. The molecule has 0 saturated carbocycles. The van der Waals surface area contributed by atoms with Crippen molar-refractivity contribution < 1.29 is 14.7 Å². The second kappa shape index (κ2) is 8.82. The van der Waals surface area contributed by atoms with Crippen molar-refractivity contribution >= 4 is 17.5 Å². The Morgan fingerprint density at radius 1 is 1.04 bits per heavy atom. The van der Waals surface area contributed by atoms with E-state index in [1.807, 2.05) is 48.2 Å². The molecule has 5 heteroatoms. The molecule has 142 valence electrons. The number of urea groups is 1. The Bertz CT molecular complexity index is 795. The Morgan fingerprint density at radius 3 is 2.37 bits per heavy atom. The van der Waals surface area contributed by atoms with Gasteiger partial charge in [-0.2, -0.15) is 0 Å². The molecule has 0 aromatic heterocycles. The lowest BCUT2D eigenvalue weighted by Gasteiger charge is -2.33. The number of anilines is 1. The number of aliphatic hydroxyl groups is 1. The van der Waals surface area contributed by atoms with Crippen molar-refractivity contribution in [2.45, 2.75) is 32.7 Å². The van der Waals surface area contributed by atoms with Gasteiger partial charge in [0.1, 0.15) is 6.61 Å². The van der Waals surface area contributed by atoms with E-state index in [4.69, 9.17) is 5.11 Å². The zero-order valence-electron chi connectivity index (χ0n) is 15.7. The van der Waals surface area contributed by atoms with Crippen LogP contribution in [0.2, 0.25) is 0 Å². The van der Waals surface area contributed by atoms with Crippen LogP contribution in [0.3, 0.4) is 0 Å². The van der Waals surface area contributed by atoms with E-state index in [2.05, 4.69) is 0 Å². The van der Waals surface area contributed by atoms with Crippen LogP contribution in [0.25, 0.3) is 0 Å². The molecule has 2 amide bonds. The normalized spacial score (nSPS) is 14.1. The van der Waals surface area contributed by atoms with E-state index < -0.39 is 6.61 Å². The Morgan fingerprint density at radius 2 is 1.74 bits per heavy atom. The molecule has 3 rings (SSSR count). The first-order chi connectivity index (χ1) is 13.1. The number of rotatable bonds is 5. The average molecular weight is 366 g/mol. The Balaban J connectivity index is 1.85. The second-order valence-electron chi connectivity index (χ2n) is 7.03. The molecule has 2 aromatic rings. The number of ketones is 1. The van der Waals surface area contributed by atoms with Gasteiger partial charge in [0.25, 0.3) is 0 Å². The van der Waals surface area contributed by atoms with Crippen LogP contribution in [-0.4, -0.2) is 41.5 Å². The molecule has 5 nitrogen and oxygen atoms in total. The number of hydrogen-bond acceptors (Lipinski definition) is 3. The molecule has 0 atom stereocenters. The van der Waals surface area contributed by atoms with Crippen LogP contribution in [-0.2, 0) is 6.54 Å². The lowest BCUT2D eigenvalue weighted by atomic mass is 10.1. The first kappa shape index (κ1) is 19.1. The molecule has 0 unspecified atom stereocenters. The highest BCUT2D eigenvalue weighted by Gasteiger charge is 2.24. The van der Waals surface area contributed by atoms with Gasteiger partial charge in [-0.05, 0) is 49.4 Å². The van der Waals surface area contributed by atoms with E-state index in [9.17, 15) is 9.59 Å². The summed E-state index contributed by atoms with van der Waals surface area (Å²) in [6, 6.07) is 15.1. The van der Waals surface area contributed by atoms with Gasteiger partial charge in [0.2, 0.25) is 0 Å². The molecule has 1 heterocycles. The molecule has 0 radical (unpaired) electrons. The molecule has 0 bridgehead atoms. The second-order valence-corrected chi connectivity index (χ2v) is 7.03. The van der Waals surface area contributed by atoms with Crippen LogP contribution in [0, 0.1) is 6.92 Å². The fraction of sp³-hybridized carbons (Fsp3) is 0.364. The Kier molecular flexibility index (Phi) is 6.24. The van der Waals surface area contributed by atoms with E-state index in [-0.39, 0.29) is 11.8 Å². The fourth-order valence-electron chi connectivity index (χ4n) is 3.39. The molecule has 0 spiro atoms. The van der Waals surface area contributed by atoms with Gasteiger partial charge in [0.15, 0.2) is 5.78 Å². The Labute approximate surface area is 160 Å². The summed E-state index contributed by atoms with van der Waals surface area (Å²) < 4.78 is 0. The third-order valence-corrected chi connectivity index (χ3v) is 4.93. The first-order valence-electron chi connectivity index (χ1n) is 9.44. The minimum absolute atomic E-state index is 0.0239. The van der Waals surface area contributed by atoms with Gasteiger partial charge in [0.05, 0.1) is 6.54 Å². The zero-order valence-corrected chi connectivity index (χ0v) is 15.7.